The van der Waals surface area contributed by atoms with Gasteiger partial charge >= 0.3 is 0 Å². The highest BCUT2D eigenvalue weighted by Gasteiger charge is 2.27. The monoisotopic (exact) mass is 335 g/mol. The Bertz CT molecular complexity index is 689. The number of thioether (sulfide) groups is 2. The minimum atomic E-state index is 0. The first-order valence-corrected chi connectivity index (χ1v) is 8.20. The number of allylic oxidation sites excluding steroid dienone is 1. The second kappa shape index (κ2) is 7.08. The first kappa shape index (κ1) is 16.0. The molecule has 0 radical (unpaired) electrons. The van der Waals surface area contributed by atoms with Gasteiger partial charge in [-0.15, -0.1) is 23.5 Å². The lowest BCUT2D eigenvalue weighted by Gasteiger charge is -2.09. The van der Waals surface area contributed by atoms with Crippen molar-refractivity contribution in [2.24, 2.45) is 0 Å². The Morgan fingerprint density at radius 1 is 1.43 bits per heavy atom. The molecule has 1 atom stereocenters. The molecule has 1 saturated heterocycles. The summed E-state index contributed by atoms with van der Waals surface area (Å²) in [6, 6.07) is 10.1. The summed E-state index contributed by atoms with van der Waals surface area (Å²) in [5.74, 6) is 0.920. The topological polar surface area (TPSA) is 41.6 Å². The highest BCUT2D eigenvalue weighted by molar-refractivity contribution is 8.25. The molecule has 1 aliphatic heterocycles. The molecule has 6 heteroatoms. The predicted octanol–water partition coefficient (Wildman–Crippen LogP) is 5.04. The second-order valence-electron chi connectivity index (χ2n) is 4.16. The first-order valence-electron chi connectivity index (χ1n) is 5.96. The third-order valence-electron chi connectivity index (χ3n) is 2.93. The molecule has 2 aromatic rings. The maximum absolute atomic E-state index is 9.36. The average Bonchev–Trinajstić information content (AvgIpc) is 3.12. The minimum absolute atomic E-state index is 0. The van der Waals surface area contributed by atoms with Crippen molar-refractivity contribution in [3.05, 3.63) is 57.8 Å². The maximum atomic E-state index is 9.36. The van der Waals surface area contributed by atoms with E-state index in [2.05, 4.69) is 11.1 Å². The van der Waals surface area contributed by atoms with E-state index >= 15 is 0 Å². The van der Waals surface area contributed by atoms with E-state index in [1.165, 1.54) is 0 Å². The largest absolute Gasteiger partial charge is 0.296 e. The number of nitriles is 1. The van der Waals surface area contributed by atoms with Crippen LogP contribution < -0.4 is 0 Å². The number of hydrogen-bond acceptors (Lipinski definition) is 4. The van der Waals surface area contributed by atoms with Crippen LogP contribution in [0.3, 0.4) is 0 Å². The van der Waals surface area contributed by atoms with Crippen molar-refractivity contribution in [2.75, 3.05) is 5.75 Å². The van der Waals surface area contributed by atoms with Gasteiger partial charge < -0.3 is 0 Å². The van der Waals surface area contributed by atoms with Crippen LogP contribution in [0.5, 0.6) is 0 Å². The average molecular weight is 336 g/mol. The summed E-state index contributed by atoms with van der Waals surface area (Å²) in [6.07, 6.45) is 5.11. The molecule has 1 aromatic heterocycles. The maximum Gasteiger partial charge on any atom is 0.145 e. The molecule has 2 heterocycles. The first-order chi connectivity index (χ1) is 9.79. The predicted molar refractivity (Wildman–Crippen MR) is 92.0 cm³/mol. The SMILES string of the molecule is C.N#C/C(=C1\SCC(c2ccccc2Cl)S1)n1ccnc1. The van der Waals surface area contributed by atoms with Gasteiger partial charge in [0.2, 0.25) is 0 Å². The number of halogens is 1. The summed E-state index contributed by atoms with van der Waals surface area (Å²) in [4.78, 5) is 3.99. The second-order valence-corrected chi connectivity index (χ2v) is 7.07. The number of nitrogens with zero attached hydrogens (tertiary/aromatic N) is 3. The Labute approximate surface area is 138 Å². The minimum Gasteiger partial charge on any atom is -0.296 e. The van der Waals surface area contributed by atoms with Crippen LogP contribution in [0.4, 0.5) is 0 Å². The fourth-order valence-corrected chi connectivity index (χ4v) is 5.22. The summed E-state index contributed by atoms with van der Waals surface area (Å²) in [7, 11) is 0. The van der Waals surface area contributed by atoms with Gasteiger partial charge in [0.1, 0.15) is 11.8 Å². The summed E-state index contributed by atoms with van der Waals surface area (Å²) in [6.45, 7) is 0. The van der Waals surface area contributed by atoms with Crippen molar-refractivity contribution < 1.29 is 0 Å². The lowest BCUT2D eigenvalue weighted by molar-refractivity contribution is 1.10. The summed E-state index contributed by atoms with van der Waals surface area (Å²) in [5, 5.41) is 10.4. The van der Waals surface area contributed by atoms with E-state index in [9.17, 15) is 5.26 Å². The van der Waals surface area contributed by atoms with Crippen molar-refractivity contribution in [1.82, 2.24) is 9.55 Å². The van der Waals surface area contributed by atoms with Gasteiger partial charge in [0.25, 0.3) is 0 Å². The highest BCUT2D eigenvalue weighted by atomic mass is 35.5. The van der Waals surface area contributed by atoms with E-state index in [-0.39, 0.29) is 12.7 Å². The van der Waals surface area contributed by atoms with Crippen LogP contribution in [0, 0.1) is 11.3 Å². The highest BCUT2D eigenvalue weighted by Crippen LogP contribution is 2.53. The Morgan fingerprint density at radius 3 is 2.90 bits per heavy atom. The molecule has 108 valence electrons. The van der Waals surface area contributed by atoms with Crippen LogP contribution in [0.2, 0.25) is 5.02 Å². The van der Waals surface area contributed by atoms with Crippen LogP contribution in [-0.2, 0) is 0 Å². The zero-order valence-corrected chi connectivity index (χ0v) is 12.8. The molecule has 0 spiro atoms. The number of hydrogen-bond donors (Lipinski definition) is 0. The standard InChI is InChI=1S/C14H10ClN3S2.CH4/c15-11-4-2-1-3-10(11)13-8-19-14(20-13)12(7-16)18-6-5-17-9-18;/h1-6,9,13H,8H2;1H4/b14-12-;. The molecule has 0 N–H and O–H groups in total. The summed E-state index contributed by atoms with van der Waals surface area (Å²) < 4.78 is 2.78. The van der Waals surface area contributed by atoms with Crippen LogP contribution >= 0.6 is 35.1 Å². The van der Waals surface area contributed by atoms with E-state index in [0.717, 1.165) is 20.6 Å². The number of imidazole rings is 1. The van der Waals surface area contributed by atoms with Gasteiger partial charge in [-0.3, -0.25) is 4.57 Å². The van der Waals surface area contributed by atoms with E-state index in [4.69, 9.17) is 11.6 Å². The fourth-order valence-electron chi connectivity index (χ4n) is 1.96. The molecule has 21 heavy (non-hydrogen) atoms. The molecule has 1 unspecified atom stereocenters. The van der Waals surface area contributed by atoms with Crippen molar-refractivity contribution in [1.29, 1.82) is 5.26 Å². The third-order valence-corrected chi connectivity index (χ3v) is 6.19. The molecule has 0 saturated carbocycles. The van der Waals surface area contributed by atoms with Crippen LogP contribution in [0.1, 0.15) is 18.2 Å². The van der Waals surface area contributed by atoms with Crippen molar-refractivity contribution >= 4 is 40.8 Å². The molecule has 0 bridgehead atoms. The van der Waals surface area contributed by atoms with E-state index < -0.39 is 0 Å². The van der Waals surface area contributed by atoms with Gasteiger partial charge in [-0.25, -0.2) is 4.98 Å². The molecule has 1 aliphatic rings. The van der Waals surface area contributed by atoms with E-state index in [0.29, 0.717) is 5.70 Å². The van der Waals surface area contributed by atoms with E-state index in [1.807, 2.05) is 24.3 Å². The quantitative estimate of drug-likeness (QED) is 0.721. The van der Waals surface area contributed by atoms with Gasteiger partial charge in [0.05, 0.1) is 10.6 Å². The van der Waals surface area contributed by atoms with Crippen LogP contribution in [-0.4, -0.2) is 15.3 Å². The molecule has 1 fully saturated rings. The Morgan fingerprint density at radius 2 is 2.24 bits per heavy atom. The Balaban J connectivity index is 0.00000161. The van der Waals surface area contributed by atoms with Crippen LogP contribution in [0.25, 0.3) is 5.70 Å². The van der Waals surface area contributed by atoms with Gasteiger partial charge in [-0.05, 0) is 11.6 Å². The van der Waals surface area contributed by atoms with Gasteiger partial charge in [0.15, 0.2) is 0 Å². The Hall–Kier alpha value is -1.35. The van der Waals surface area contributed by atoms with Gasteiger partial charge in [-0.2, -0.15) is 5.26 Å². The molecular weight excluding hydrogens is 322 g/mol. The lowest BCUT2D eigenvalue weighted by Crippen LogP contribution is -1.93. The van der Waals surface area contributed by atoms with Gasteiger partial charge in [-0.1, -0.05) is 37.2 Å². The molecule has 3 rings (SSSR count). The summed E-state index contributed by atoms with van der Waals surface area (Å²) >= 11 is 9.64. The zero-order valence-electron chi connectivity index (χ0n) is 10.4. The molecule has 3 nitrogen and oxygen atoms in total. The van der Waals surface area contributed by atoms with Crippen molar-refractivity contribution in [3.63, 3.8) is 0 Å². The molecule has 0 amide bonds. The smallest absolute Gasteiger partial charge is 0.145 e. The van der Waals surface area contributed by atoms with Crippen molar-refractivity contribution in [3.8, 4) is 6.07 Å². The van der Waals surface area contributed by atoms with Crippen LogP contribution in [0.15, 0.2) is 47.2 Å². The third kappa shape index (κ3) is 3.29. The van der Waals surface area contributed by atoms with Crippen molar-refractivity contribution in [2.45, 2.75) is 12.7 Å². The van der Waals surface area contributed by atoms with E-state index in [1.54, 1.807) is 46.8 Å². The zero-order chi connectivity index (χ0) is 13.9. The van der Waals surface area contributed by atoms with Gasteiger partial charge in [0, 0.05) is 28.4 Å². The fraction of sp³-hybridized carbons (Fsp3) is 0.200. The molecular formula is C15H14ClN3S2. The summed E-state index contributed by atoms with van der Waals surface area (Å²) in [5.41, 5.74) is 1.76. The number of rotatable bonds is 2. The Kier molecular flexibility index (Phi) is 5.40. The normalized spacial score (nSPS) is 19.7. The molecule has 0 aliphatic carbocycles. The molecule has 1 aromatic carbocycles. The lowest BCUT2D eigenvalue weighted by atomic mass is 10.2. The number of aromatic nitrogens is 2. The number of benzene rings is 1.